The molecule has 1 unspecified atom stereocenters. The standard InChI is InChI=1S/C14H20FN/c1-4-9-16-12(3)6-7-13-10-14(15)8-5-11(13)2/h5-8,10,12,16H,4,9H2,1-3H3/b7-6+. The quantitative estimate of drug-likeness (QED) is 0.802. The molecule has 0 heterocycles. The largest absolute Gasteiger partial charge is 0.311 e. The number of halogens is 1. The highest BCUT2D eigenvalue weighted by Crippen LogP contribution is 2.12. The van der Waals surface area contributed by atoms with E-state index in [1.807, 2.05) is 13.0 Å². The van der Waals surface area contributed by atoms with Crippen LogP contribution in [0.15, 0.2) is 24.3 Å². The van der Waals surface area contributed by atoms with Crippen molar-refractivity contribution in [3.63, 3.8) is 0 Å². The maximum absolute atomic E-state index is 13.0. The van der Waals surface area contributed by atoms with Gasteiger partial charge in [0.2, 0.25) is 0 Å². The number of hydrogen-bond acceptors (Lipinski definition) is 1. The summed E-state index contributed by atoms with van der Waals surface area (Å²) in [6, 6.07) is 5.19. The lowest BCUT2D eigenvalue weighted by atomic mass is 10.1. The van der Waals surface area contributed by atoms with Crippen molar-refractivity contribution in [3.05, 3.63) is 41.2 Å². The van der Waals surface area contributed by atoms with Crippen LogP contribution in [-0.2, 0) is 0 Å². The number of hydrogen-bond donors (Lipinski definition) is 1. The van der Waals surface area contributed by atoms with Gasteiger partial charge in [0.1, 0.15) is 5.82 Å². The third-order valence-corrected chi connectivity index (χ3v) is 2.52. The Morgan fingerprint density at radius 3 is 2.88 bits per heavy atom. The summed E-state index contributed by atoms with van der Waals surface area (Å²) in [6.45, 7) is 7.23. The smallest absolute Gasteiger partial charge is 0.123 e. The first kappa shape index (κ1) is 12.9. The molecule has 0 aliphatic heterocycles. The molecule has 1 aromatic rings. The van der Waals surface area contributed by atoms with Crippen LogP contribution in [0.25, 0.3) is 6.08 Å². The fraction of sp³-hybridized carbons (Fsp3) is 0.429. The minimum Gasteiger partial charge on any atom is -0.311 e. The van der Waals surface area contributed by atoms with Crippen LogP contribution in [0, 0.1) is 12.7 Å². The van der Waals surface area contributed by atoms with Gasteiger partial charge in [0, 0.05) is 6.04 Å². The molecule has 88 valence electrons. The number of nitrogens with one attached hydrogen (secondary N) is 1. The van der Waals surface area contributed by atoms with E-state index in [0.717, 1.165) is 24.1 Å². The highest BCUT2D eigenvalue weighted by Gasteiger charge is 1.98. The Balaban J connectivity index is 2.64. The Bertz CT molecular complexity index is 358. The lowest BCUT2D eigenvalue weighted by Crippen LogP contribution is -2.24. The predicted molar refractivity (Wildman–Crippen MR) is 67.9 cm³/mol. The Labute approximate surface area is 97.4 Å². The van der Waals surface area contributed by atoms with Gasteiger partial charge in [-0.2, -0.15) is 0 Å². The minimum absolute atomic E-state index is 0.181. The van der Waals surface area contributed by atoms with E-state index in [0.29, 0.717) is 6.04 Å². The maximum atomic E-state index is 13.0. The molecule has 1 N–H and O–H groups in total. The minimum atomic E-state index is -0.181. The van der Waals surface area contributed by atoms with E-state index in [-0.39, 0.29) is 5.82 Å². The van der Waals surface area contributed by atoms with Crippen molar-refractivity contribution in [2.24, 2.45) is 0 Å². The van der Waals surface area contributed by atoms with E-state index in [1.165, 1.54) is 6.07 Å². The summed E-state index contributed by atoms with van der Waals surface area (Å²) in [4.78, 5) is 0. The van der Waals surface area contributed by atoms with Gasteiger partial charge in [-0.3, -0.25) is 0 Å². The molecule has 0 bridgehead atoms. The second-order valence-electron chi connectivity index (χ2n) is 4.10. The van der Waals surface area contributed by atoms with Crippen molar-refractivity contribution in [2.75, 3.05) is 6.54 Å². The zero-order valence-corrected chi connectivity index (χ0v) is 10.3. The lowest BCUT2D eigenvalue weighted by molar-refractivity contribution is 0.624. The van der Waals surface area contributed by atoms with E-state index < -0.39 is 0 Å². The fourth-order valence-electron chi connectivity index (χ4n) is 1.48. The van der Waals surface area contributed by atoms with Crippen molar-refractivity contribution < 1.29 is 4.39 Å². The van der Waals surface area contributed by atoms with E-state index >= 15 is 0 Å². The topological polar surface area (TPSA) is 12.0 Å². The molecule has 0 aliphatic rings. The second-order valence-corrected chi connectivity index (χ2v) is 4.10. The molecule has 0 radical (unpaired) electrons. The average molecular weight is 221 g/mol. The normalized spacial score (nSPS) is 13.2. The van der Waals surface area contributed by atoms with Crippen molar-refractivity contribution in [3.8, 4) is 0 Å². The molecular formula is C14H20FN. The van der Waals surface area contributed by atoms with Gasteiger partial charge < -0.3 is 5.32 Å². The summed E-state index contributed by atoms with van der Waals surface area (Å²) < 4.78 is 13.0. The highest BCUT2D eigenvalue weighted by molar-refractivity contribution is 5.54. The summed E-state index contributed by atoms with van der Waals surface area (Å²) >= 11 is 0. The maximum Gasteiger partial charge on any atom is 0.123 e. The average Bonchev–Trinajstić information content (AvgIpc) is 2.27. The summed E-state index contributed by atoms with van der Waals surface area (Å²) in [6.07, 6.45) is 5.17. The van der Waals surface area contributed by atoms with Gasteiger partial charge in [-0.05, 0) is 50.1 Å². The molecular weight excluding hydrogens is 201 g/mol. The van der Waals surface area contributed by atoms with Crippen LogP contribution in [0.3, 0.4) is 0 Å². The van der Waals surface area contributed by atoms with Crippen LogP contribution in [0.2, 0.25) is 0 Å². The van der Waals surface area contributed by atoms with Crippen LogP contribution < -0.4 is 5.32 Å². The van der Waals surface area contributed by atoms with Gasteiger partial charge in [0.25, 0.3) is 0 Å². The monoisotopic (exact) mass is 221 g/mol. The predicted octanol–water partition coefficient (Wildman–Crippen LogP) is 3.54. The Kier molecular flexibility index (Phi) is 5.20. The number of rotatable bonds is 5. The Morgan fingerprint density at radius 1 is 1.44 bits per heavy atom. The number of benzene rings is 1. The van der Waals surface area contributed by atoms with Gasteiger partial charge in [-0.25, -0.2) is 4.39 Å². The molecule has 1 rings (SSSR count). The molecule has 0 aliphatic carbocycles. The molecule has 1 nitrogen and oxygen atoms in total. The van der Waals surface area contributed by atoms with Crippen LogP contribution in [0.1, 0.15) is 31.4 Å². The summed E-state index contributed by atoms with van der Waals surface area (Å²) in [5.41, 5.74) is 2.05. The Hall–Kier alpha value is -1.15. The fourth-order valence-corrected chi connectivity index (χ4v) is 1.48. The van der Waals surface area contributed by atoms with Gasteiger partial charge in [0.05, 0.1) is 0 Å². The first-order chi connectivity index (χ1) is 7.63. The molecule has 0 spiro atoms. The summed E-state index contributed by atoms with van der Waals surface area (Å²) in [5.74, 6) is -0.181. The first-order valence-corrected chi connectivity index (χ1v) is 5.81. The molecule has 0 saturated carbocycles. The van der Waals surface area contributed by atoms with Crippen LogP contribution in [0.4, 0.5) is 4.39 Å². The van der Waals surface area contributed by atoms with E-state index in [9.17, 15) is 4.39 Å². The van der Waals surface area contributed by atoms with Crippen molar-refractivity contribution in [1.82, 2.24) is 5.32 Å². The molecule has 16 heavy (non-hydrogen) atoms. The molecule has 0 fully saturated rings. The molecule has 2 heteroatoms. The molecule has 1 aromatic carbocycles. The molecule has 0 saturated heterocycles. The summed E-state index contributed by atoms with van der Waals surface area (Å²) in [5, 5.41) is 3.36. The Morgan fingerprint density at radius 2 is 2.19 bits per heavy atom. The third-order valence-electron chi connectivity index (χ3n) is 2.52. The molecule has 0 amide bonds. The zero-order chi connectivity index (χ0) is 12.0. The van der Waals surface area contributed by atoms with E-state index in [2.05, 4.69) is 25.2 Å². The summed E-state index contributed by atoms with van der Waals surface area (Å²) in [7, 11) is 0. The van der Waals surface area contributed by atoms with Crippen molar-refractivity contribution >= 4 is 6.08 Å². The van der Waals surface area contributed by atoms with Crippen molar-refractivity contribution in [2.45, 2.75) is 33.2 Å². The van der Waals surface area contributed by atoms with Gasteiger partial charge in [-0.15, -0.1) is 0 Å². The second kappa shape index (κ2) is 6.44. The molecule has 1 atom stereocenters. The van der Waals surface area contributed by atoms with Crippen LogP contribution in [-0.4, -0.2) is 12.6 Å². The van der Waals surface area contributed by atoms with E-state index in [1.54, 1.807) is 12.1 Å². The van der Waals surface area contributed by atoms with Gasteiger partial charge >= 0.3 is 0 Å². The highest BCUT2D eigenvalue weighted by atomic mass is 19.1. The first-order valence-electron chi connectivity index (χ1n) is 5.81. The van der Waals surface area contributed by atoms with Crippen LogP contribution in [0.5, 0.6) is 0 Å². The lowest BCUT2D eigenvalue weighted by Gasteiger charge is -2.08. The zero-order valence-electron chi connectivity index (χ0n) is 10.3. The van der Waals surface area contributed by atoms with Gasteiger partial charge in [-0.1, -0.05) is 25.1 Å². The molecule has 0 aromatic heterocycles. The number of aryl methyl sites for hydroxylation is 1. The SMILES string of the molecule is CCCNC(C)/C=C/c1cc(F)ccc1C. The van der Waals surface area contributed by atoms with Crippen molar-refractivity contribution in [1.29, 1.82) is 0 Å². The van der Waals surface area contributed by atoms with Gasteiger partial charge in [0.15, 0.2) is 0 Å². The van der Waals surface area contributed by atoms with E-state index in [4.69, 9.17) is 0 Å². The van der Waals surface area contributed by atoms with Crippen LogP contribution >= 0.6 is 0 Å². The third kappa shape index (κ3) is 4.15.